The van der Waals surface area contributed by atoms with Crippen molar-refractivity contribution >= 4 is 65.8 Å². The predicted molar refractivity (Wildman–Crippen MR) is 267 cm³/mol. The van der Waals surface area contributed by atoms with Gasteiger partial charge in [0.2, 0.25) is 0 Å². The molecule has 11 aromatic rings. The van der Waals surface area contributed by atoms with Crippen molar-refractivity contribution < 1.29 is 0 Å². The molecule has 0 unspecified atom stereocenters. The van der Waals surface area contributed by atoms with E-state index in [2.05, 4.69) is 230 Å². The Kier molecular flexibility index (Phi) is 7.81. The third-order valence-electron chi connectivity index (χ3n) is 14.3. The first-order chi connectivity index (χ1) is 31.0. The van der Waals surface area contributed by atoms with E-state index in [0.717, 1.165) is 18.8 Å². The number of para-hydroxylation sites is 1. The molecule has 1 aliphatic carbocycles. The largest absolute Gasteiger partial charge is 0.363 e. The van der Waals surface area contributed by atoms with Gasteiger partial charge in [-0.05, 0) is 130 Å². The molecule has 2 aliphatic rings. The van der Waals surface area contributed by atoms with Crippen LogP contribution in [-0.4, -0.2) is 0 Å². The topological polar surface area (TPSA) is 6.48 Å². The molecule has 0 saturated heterocycles. The molecule has 0 saturated carbocycles. The normalized spacial score (nSPS) is 13.8. The lowest BCUT2D eigenvalue weighted by Gasteiger charge is -2.32. The summed E-state index contributed by atoms with van der Waals surface area (Å²) in [6.07, 6.45) is 0. The van der Waals surface area contributed by atoms with E-state index in [-0.39, 0.29) is 5.41 Å². The van der Waals surface area contributed by atoms with E-state index in [1.807, 2.05) is 0 Å². The van der Waals surface area contributed by atoms with E-state index < -0.39 is 0 Å². The van der Waals surface area contributed by atoms with Gasteiger partial charge in [-0.25, -0.2) is 0 Å². The van der Waals surface area contributed by atoms with Crippen LogP contribution >= 0.6 is 0 Å². The van der Waals surface area contributed by atoms with Crippen molar-refractivity contribution in [2.45, 2.75) is 32.4 Å². The van der Waals surface area contributed by atoms with Crippen molar-refractivity contribution in [1.29, 1.82) is 0 Å². The van der Waals surface area contributed by atoms with Gasteiger partial charge in [0.25, 0.3) is 0 Å². The van der Waals surface area contributed by atoms with Crippen LogP contribution in [0.15, 0.2) is 206 Å². The quantitative estimate of drug-likeness (QED) is 0.122. The number of anilines is 4. The fourth-order valence-corrected chi connectivity index (χ4v) is 11.3. The number of benzene rings is 11. The van der Waals surface area contributed by atoms with E-state index >= 15 is 0 Å². The molecule has 63 heavy (non-hydrogen) atoms. The van der Waals surface area contributed by atoms with Crippen LogP contribution < -0.4 is 9.80 Å². The Morgan fingerprint density at radius 2 is 1.05 bits per heavy atom. The number of hydrogen-bond acceptors (Lipinski definition) is 2. The smallest absolute Gasteiger partial charge is 0.0547 e. The maximum absolute atomic E-state index is 2.60. The molecule has 0 atom stereocenters. The van der Waals surface area contributed by atoms with Crippen molar-refractivity contribution in [3.8, 4) is 33.4 Å². The van der Waals surface area contributed by atoms with Crippen LogP contribution in [0, 0.1) is 0 Å². The zero-order valence-corrected chi connectivity index (χ0v) is 35.4. The monoisotopic (exact) mass is 804 g/mol. The minimum absolute atomic E-state index is 0.194. The Hall–Kier alpha value is -7.68. The molecule has 0 aromatic heterocycles. The Morgan fingerprint density at radius 1 is 0.413 bits per heavy atom. The Morgan fingerprint density at radius 3 is 1.83 bits per heavy atom. The van der Waals surface area contributed by atoms with E-state index in [9.17, 15) is 0 Å². The molecular weight excluding hydrogens is 761 g/mol. The first-order valence-electron chi connectivity index (χ1n) is 22.2. The number of nitrogens with zero attached hydrogens (tertiary/aromatic N) is 2. The third kappa shape index (κ3) is 5.38. The van der Waals surface area contributed by atoms with E-state index in [1.165, 1.54) is 116 Å². The van der Waals surface area contributed by atoms with Gasteiger partial charge in [0.05, 0.1) is 11.4 Å². The average Bonchev–Trinajstić information content (AvgIpc) is 3.88. The summed E-state index contributed by atoms with van der Waals surface area (Å²) in [6, 6.07) is 77.3. The molecule has 0 bridgehead atoms. The van der Waals surface area contributed by atoms with Crippen molar-refractivity contribution in [1.82, 2.24) is 0 Å². The summed E-state index contributed by atoms with van der Waals surface area (Å²) in [5.41, 5.74) is 17.7. The summed E-state index contributed by atoms with van der Waals surface area (Å²) in [5.74, 6) is 0. The highest BCUT2D eigenvalue weighted by Gasteiger charge is 2.38. The van der Waals surface area contributed by atoms with Crippen LogP contribution in [0.3, 0.4) is 0 Å². The molecule has 0 spiro atoms. The van der Waals surface area contributed by atoms with E-state index in [0.29, 0.717) is 0 Å². The van der Waals surface area contributed by atoms with E-state index in [1.54, 1.807) is 0 Å². The molecule has 11 aromatic carbocycles. The van der Waals surface area contributed by atoms with Crippen molar-refractivity contribution in [2.75, 3.05) is 9.80 Å². The molecule has 298 valence electrons. The summed E-state index contributed by atoms with van der Waals surface area (Å²) in [7, 11) is 0. The summed E-state index contributed by atoms with van der Waals surface area (Å²) in [5, 5.41) is 10.3. The fourth-order valence-electron chi connectivity index (χ4n) is 11.3. The number of hydrogen-bond donors (Lipinski definition) is 0. The molecule has 13 rings (SSSR count). The first kappa shape index (κ1) is 36.0. The summed E-state index contributed by atoms with van der Waals surface area (Å²) in [6.45, 7) is 6.54. The lowest BCUT2D eigenvalue weighted by molar-refractivity contribution is 0.660. The van der Waals surface area contributed by atoms with Crippen LogP contribution in [0.5, 0.6) is 0 Å². The van der Waals surface area contributed by atoms with Crippen LogP contribution in [0.25, 0.3) is 76.5 Å². The molecule has 0 radical (unpaired) electrons. The lowest BCUT2D eigenvalue weighted by atomic mass is 9.81. The van der Waals surface area contributed by atoms with Crippen LogP contribution in [0.4, 0.5) is 22.7 Å². The fraction of sp³-hybridized carbons (Fsp3) is 0.0820. The highest BCUT2D eigenvalue weighted by molar-refractivity contribution is 6.35. The maximum atomic E-state index is 2.60. The van der Waals surface area contributed by atoms with Gasteiger partial charge in [-0.2, -0.15) is 0 Å². The predicted octanol–water partition coefficient (Wildman–Crippen LogP) is 16.4. The molecule has 0 amide bonds. The highest BCUT2D eigenvalue weighted by atomic mass is 15.2. The van der Waals surface area contributed by atoms with Gasteiger partial charge in [-0.15, -0.1) is 0 Å². The van der Waals surface area contributed by atoms with Crippen molar-refractivity contribution in [3.05, 3.63) is 229 Å². The van der Waals surface area contributed by atoms with Gasteiger partial charge in [0, 0.05) is 40.8 Å². The van der Waals surface area contributed by atoms with Gasteiger partial charge in [-0.1, -0.05) is 178 Å². The molecular formula is C61H44N2. The Balaban J connectivity index is 1.14. The van der Waals surface area contributed by atoms with Gasteiger partial charge < -0.3 is 9.80 Å². The second-order valence-electron chi connectivity index (χ2n) is 18.0. The van der Waals surface area contributed by atoms with E-state index in [4.69, 9.17) is 0 Å². The summed E-state index contributed by atoms with van der Waals surface area (Å²) < 4.78 is 0. The SMILES string of the molecule is CC1(C)c2ccccc2-c2cc(-c3cccc4c3CN(c3ccccc3)C4)c(N(c3ccc(-c4ccccc4)cc3)c3ccc4cccc5c6cccc7cccc(c3c45)c76)cc21. The second-order valence-corrected chi connectivity index (χ2v) is 18.0. The van der Waals surface area contributed by atoms with Crippen molar-refractivity contribution in [3.63, 3.8) is 0 Å². The molecule has 1 heterocycles. The molecule has 2 nitrogen and oxygen atoms in total. The minimum Gasteiger partial charge on any atom is -0.363 e. The zero-order valence-electron chi connectivity index (χ0n) is 35.4. The Labute approximate surface area is 368 Å². The number of fused-ring (bicyclic) bond motifs is 6. The lowest BCUT2D eigenvalue weighted by Crippen LogP contribution is -2.17. The van der Waals surface area contributed by atoms with Crippen LogP contribution in [-0.2, 0) is 18.5 Å². The zero-order chi connectivity index (χ0) is 41.8. The van der Waals surface area contributed by atoms with Gasteiger partial charge >= 0.3 is 0 Å². The third-order valence-corrected chi connectivity index (χ3v) is 14.3. The van der Waals surface area contributed by atoms with Gasteiger partial charge in [0.15, 0.2) is 0 Å². The Bertz CT molecular complexity index is 3580. The van der Waals surface area contributed by atoms with Crippen molar-refractivity contribution in [2.24, 2.45) is 0 Å². The van der Waals surface area contributed by atoms with Gasteiger partial charge in [-0.3, -0.25) is 0 Å². The van der Waals surface area contributed by atoms with Crippen LogP contribution in [0.1, 0.15) is 36.1 Å². The molecule has 2 heteroatoms. The maximum Gasteiger partial charge on any atom is 0.0547 e. The van der Waals surface area contributed by atoms with Gasteiger partial charge in [0.1, 0.15) is 0 Å². The molecule has 0 N–H and O–H groups in total. The highest BCUT2D eigenvalue weighted by Crippen LogP contribution is 2.56. The minimum atomic E-state index is -0.194. The second kappa shape index (κ2) is 13.7. The summed E-state index contributed by atoms with van der Waals surface area (Å²) >= 11 is 0. The number of rotatable bonds is 6. The molecule has 0 fully saturated rings. The summed E-state index contributed by atoms with van der Waals surface area (Å²) in [4.78, 5) is 5.12. The first-order valence-corrected chi connectivity index (χ1v) is 22.2. The van der Waals surface area contributed by atoms with Crippen LogP contribution in [0.2, 0.25) is 0 Å². The average molecular weight is 805 g/mol. The molecule has 1 aliphatic heterocycles. The standard InChI is InChI=1S/C61H44N2/c1-61(2)54-28-10-9-23-47(54)51-35-52(46-24-14-20-43-37-62(38-53(43)46)44-21-7-4-8-22-44)57(36-55(51)61)63(45-32-29-40(30-33-45)39-15-5-3-6-16-39)56-34-31-42-19-12-26-49-48-25-11-17-41-18-13-27-50(58(41)48)60(56)59(42)49/h3-36H,37-38H2,1-2H3.